The second-order valence-corrected chi connectivity index (χ2v) is 6.98. The normalized spacial score (nSPS) is 29.1. The minimum atomic E-state index is -1.31. The van der Waals surface area contributed by atoms with E-state index in [1.165, 1.54) is 14.2 Å². The number of allylic oxidation sites excluding steroid dienone is 3. The van der Waals surface area contributed by atoms with Gasteiger partial charge in [-0.1, -0.05) is 25.2 Å². The molecule has 0 spiro atoms. The van der Waals surface area contributed by atoms with Crippen LogP contribution in [0.1, 0.15) is 39.5 Å². The summed E-state index contributed by atoms with van der Waals surface area (Å²) in [5.74, 6) is -1.15. The lowest BCUT2D eigenvalue weighted by molar-refractivity contribution is -0.169. The van der Waals surface area contributed by atoms with Crippen molar-refractivity contribution in [2.24, 2.45) is 16.7 Å². The van der Waals surface area contributed by atoms with Gasteiger partial charge in [-0.25, -0.2) is 0 Å². The monoisotopic (exact) mass is 320 g/mol. The third-order valence-electron chi connectivity index (χ3n) is 5.40. The van der Waals surface area contributed by atoms with Gasteiger partial charge in [-0.3, -0.25) is 14.4 Å². The number of carbonyl (C=O) groups excluding carboxylic acids is 3. The molecule has 0 radical (unpaired) electrons. The summed E-state index contributed by atoms with van der Waals surface area (Å²) in [5.41, 5.74) is -0.0291. The van der Waals surface area contributed by atoms with Crippen LogP contribution in [0.4, 0.5) is 0 Å². The lowest BCUT2D eigenvalue weighted by atomic mass is 9.72. The molecule has 126 valence electrons. The fourth-order valence-electron chi connectivity index (χ4n) is 4.26. The Kier molecular flexibility index (Phi) is 4.51. The van der Waals surface area contributed by atoms with Crippen LogP contribution in [0.5, 0.6) is 0 Å². The van der Waals surface area contributed by atoms with Crippen LogP contribution in [0.2, 0.25) is 0 Å². The van der Waals surface area contributed by atoms with Crippen molar-refractivity contribution in [1.82, 2.24) is 0 Å². The van der Waals surface area contributed by atoms with Crippen molar-refractivity contribution in [3.8, 4) is 0 Å². The molecule has 5 heteroatoms. The number of ketones is 1. The molecule has 0 N–H and O–H groups in total. The molecule has 0 saturated heterocycles. The third kappa shape index (κ3) is 2.73. The largest absolute Gasteiger partial charge is 0.468 e. The van der Waals surface area contributed by atoms with Crippen LogP contribution < -0.4 is 0 Å². The van der Waals surface area contributed by atoms with Crippen molar-refractivity contribution in [2.75, 3.05) is 14.2 Å². The van der Waals surface area contributed by atoms with Crippen molar-refractivity contribution in [2.45, 2.75) is 39.5 Å². The number of hydrogen-bond donors (Lipinski definition) is 0. The Morgan fingerprint density at radius 2 is 1.78 bits per heavy atom. The highest BCUT2D eigenvalue weighted by Crippen LogP contribution is 2.60. The zero-order chi connectivity index (χ0) is 17.4. The van der Waals surface area contributed by atoms with Crippen LogP contribution in [-0.4, -0.2) is 31.9 Å². The van der Waals surface area contributed by atoms with Crippen LogP contribution in [-0.2, 0) is 23.9 Å². The summed E-state index contributed by atoms with van der Waals surface area (Å²) >= 11 is 0. The predicted molar refractivity (Wildman–Crippen MR) is 84.4 cm³/mol. The zero-order valence-electron chi connectivity index (χ0n) is 14.2. The lowest BCUT2D eigenvalue weighted by Gasteiger charge is -2.31. The van der Waals surface area contributed by atoms with Gasteiger partial charge in [-0.15, -0.1) is 0 Å². The van der Waals surface area contributed by atoms with Gasteiger partial charge in [-0.2, -0.15) is 0 Å². The minimum Gasteiger partial charge on any atom is -0.468 e. The number of carbonyl (C=O) groups is 3. The van der Waals surface area contributed by atoms with Gasteiger partial charge >= 0.3 is 11.9 Å². The second kappa shape index (κ2) is 5.95. The maximum Gasteiger partial charge on any atom is 0.323 e. The number of fused-ring (bicyclic) bond motifs is 1. The van der Waals surface area contributed by atoms with E-state index in [-0.39, 0.29) is 11.7 Å². The number of methoxy groups -OCH3 is 2. The molecule has 0 aromatic rings. The molecule has 0 amide bonds. The molecule has 5 nitrogen and oxygen atoms in total. The van der Waals surface area contributed by atoms with Gasteiger partial charge in [0.25, 0.3) is 0 Å². The summed E-state index contributed by atoms with van der Waals surface area (Å²) in [5, 5.41) is 0. The van der Waals surface area contributed by atoms with Gasteiger partial charge in [0, 0.05) is 0 Å². The van der Waals surface area contributed by atoms with E-state index in [1.54, 1.807) is 6.92 Å². The number of hydrogen-bond acceptors (Lipinski definition) is 5. The van der Waals surface area contributed by atoms with Crippen molar-refractivity contribution >= 4 is 17.7 Å². The second-order valence-electron chi connectivity index (χ2n) is 6.98. The average molecular weight is 320 g/mol. The summed E-state index contributed by atoms with van der Waals surface area (Å²) < 4.78 is 9.80. The van der Waals surface area contributed by atoms with Gasteiger partial charge in [0.05, 0.1) is 14.2 Å². The third-order valence-corrected chi connectivity index (χ3v) is 5.40. The van der Waals surface area contributed by atoms with Crippen molar-refractivity contribution in [1.29, 1.82) is 0 Å². The maximum atomic E-state index is 12.4. The van der Waals surface area contributed by atoms with E-state index >= 15 is 0 Å². The molecule has 0 aromatic carbocycles. The van der Waals surface area contributed by atoms with Gasteiger partial charge in [-0.05, 0) is 49.5 Å². The zero-order valence-corrected chi connectivity index (χ0v) is 14.2. The molecule has 0 aliphatic heterocycles. The van der Waals surface area contributed by atoms with Gasteiger partial charge in [0.15, 0.2) is 11.2 Å². The number of Topliss-reactive ketones (excluding diaryl/α,β-unsaturated/α-hetero) is 1. The molecule has 23 heavy (non-hydrogen) atoms. The first-order valence-electron chi connectivity index (χ1n) is 7.74. The summed E-state index contributed by atoms with van der Waals surface area (Å²) in [6, 6.07) is 0. The Bertz CT molecular complexity index is 585. The number of ether oxygens (including phenoxy) is 2. The fourth-order valence-corrected chi connectivity index (χ4v) is 4.26. The number of rotatable bonds is 3. The van der Waals surface area contributed by atoms with Gasteiger partial charge in [0.2, 0.25) is 0 Å². The molecule has 1 saturated carbocycles. The SMILES string of the molecule is C=C1CC=C(C(C)=O)CC2(C)CC(C(=O)OC)(C(=O)OC)CC12. The highest BCUT2D eigenvalue weighted by molar-refractivity contribution is 6.01. The molecule has 0 heterocycles. The van der Waals surface area contributed by atoms with E-state index in [9.17, 15) is 14.4 Å². The maximum absolute atomic E-state index is 12.4. The molecular weight excluding hydrogens is 296 g/mol. The van der Waals surface area contributed by atoms with E-state index in [0.29, 0.717) is 25.7 Å². The number of esters is 2. The Hall–Kier alpha value is -1.91. The highest BCUT2D eigenvalue weighted by Gasteiger charge is 2.62. The Morgan fingerprint density at radius 3 is 2.26 bits per heavy atom. The van der Waals surface area contributed by atoms with Crippen LogP contribution in [0.15, 0.2) is 23.8 Å². The smallest absolute Gasteiger partial charge is 0.323 e. The average Bonchev–Trinajstić information content (AvgIpc) is 2.78. The molecular formula is C18H24O5. The molecule has 1 fully saturated rings. The standard InChI is InChI=1S/C18H24O5/c1-11-6-7-13(12(2)19)8-17(3)10-18(9-14(11)17,15(20)22-4)16(21)23-5/h7,14H,1,6,8-10H2,2-5H3. The van der Waals surface area contributed by atoms with Gasteiger partial charge in [0.1, 0.15) is 0 Å². The fraction of sp³-hybridized carbons (Fsp3) is 0.611. The van der Waals surface area contributed by atoms with Crippen molar-refractivity contribution < 1.29 is 23.9 Å². The first kappa shape index (κ1) is 17.4. The van der Waals surface area contributed by atoms with Crippen LogP contribution in [0.25, 0.3) is 0 Å². The van der Waals surface area contributed by atoms with Crippen LogP contribution in [0, 0.1) is 16.7 Å². The topological polar surface area (TPSA) is 69.7 Å². The molecule has 0 bridgehead atoms. The summed E-state index contributed by atoms with van der Waals surface area (Å²) in [6.45, 7) is 7.69. The van der Waals surface area contributed by atoms with E-state index in [4.69, 9.17) is 9.47 Å². The predicted octanol–water partition coefficient (Wildman–Crippen LogP) is 2.60. The first-order valence-corrected chi connectivity index (χ1v) is 7.74. The van der Waals surface area contributed by atoms with Crippen molar-refractivity contribution in [3.05, 3.63) is 23.8 Å². The van der Waals surface area contributed by atoms with Crippen molar-refractivity contribution in [3.63, 3.8) is 0 Å². The van der Waals surface area contributed by atoms with E-state index in [1.807, 2.05) is 13.0 Å². The molecule has 0 aromatic heterocycles. The summed E-state index contributed by atoms with van der Waals surface area (Å²) in [7, 11) is 2.55. The summed E-state index contributed by atoms with van der Waals surface area (Å²) in [4.78, 5) is 36.6. The molecule has 2 aliphatic rings. The molecule has 2 unspecified atom stereocenters. The Labute approximate surface area is 136 Å². The first-order chi connectivity index (χ1) is 10.7. The molecule has 2 aliphatic carbocycles. The Morgan fingerprint density at radius 1 is 1.22 bits per heavy atom. The van der Waals surface area contributed by atoms with Crippen LogP contribution in [0.3, 0.4) is 0 Å². The Balaban J connectivity index is 2.48. The quantitative estimate of drug-likeness (QED) is 0.454. The van der Waals surface area contributed by atoms with E-state index in [0.717, 1.165) is 11.1 Å². The minimum absolute atomic E-state index is 0.0216. The van der Waals surface area contributed by atoms with E-state index < -0.39 is 22.8 Å². The highest BCUT2D eigenvalue weighted by atomic mass is 16.5. The van der Waals surface area contributed by atoms with Gasteiger partial charge < -0.3 is 9.47 Å². The van der Waals surface area contributed by atoms with Crippen LogP contribution >= 0.6 is 0 Å². The lowest BCUT2D eigenvalue weighted by Crippen LogP contribution is -2.40. The van der Waals surface area contributed by atoms with E-state index in [2.05, 4.69) is 6.58 Å². The molecule has 2 atom stereocenters. The summed E-state index contributed by atoms with van der Waals surface area (Å²) in [6.07, 6.45) is 3.66. The molecule has 2 rings (SSSR count).